The van der Waals surface area contributed by atoms with Crippen molar-refractivity contribution in [1.29, 1.82) is 0 Å². The van der Waals surface area contributed by atoms with Gasteiger partial charge < -0.3 is 5.32 Å². The fraction of sp³-hybridized carbons (Fsp3) is 1.00. The van der Waals surface area contributed by atoms with Crippen LogP contribution in [0.3, 0.4) is 0 Å². The summed E-state index contributed by atoms with van der Waals surface area (Å²) in [5, 5.41) is 3.32. The standard InChI is InChI=1S/C15H30N2O2S/c1-2-16-12-15-10-6-7-11-17(15)20(18,19)13-14-8-4-3-5-9-14/h14-16H,2-13H2,1H3. The predicted octanol–water partition coefficient (Wildman–Crippen LogP) is 2.36. The summed E-state index contributed by atoms with van der Waals surface area (Å²) in [6.07, 6.45) is 9.09. The number of hydrogen-bond acceptors (Lipinski definition) is 3. The minimum absolute atomic E-state index is 0.178. The van der Waals surface area contributed by atoms with Crippen LogP contribution in [0, 0.1) is 5.92 Å². The molecule has 0 radical (unpaired) electrons. The fourth-order valence-corrected chi connectivity index (χ4v) is 5.76. The van der Waals surface area contributed by atoms with Crippen molar-refractivity contribution in [3.63, 3.8) is 0 Å². The molecule has 1 N–H and O–H groups in total. The predicted molar refractivity (Wildman–Crippen MR) is 83.3 cm³/mol. The molecule has 2 fully saturated rings. The van der Waals surface area contributed by atoms with Gasteiger partial charge in [0.25, 0.3) is 0 Å². The first-order chi connectivity index (χ1) is 9.63. The number of sulfonamides is 1. The minimum Gasteiger partial charge on any atom is -0.315 e. The van der Waals surface area contributed by atoms with Gasteiger partial charge >= 0.3 is 0 Å². The average molecular weight is 302 g/mol. The number of rotatable bonds is 6. The topological polar surface area (TPSA) is 49.4 Å². The Morgan fingerprint density at radius 3 is 2.45 bits per heavy atom. The van der Waals surface area contributed by atoms with Gasteiger partial charge in [-0.3, -0.25) is 0 Å². The summed E-state index contributed by atoms with van der Waals surface area (Å²) in [7, 11) is -3.07. The van der Waals surface area contributed by atoms with Gasteiger partial charge in [-0.1, -0.05) is 32.6 Å². The third kappa shape index (κ3) is 4.43. The van der Waals surface area contributed by atoms with Crippen LogP contribution in [0.15, 0.2) is 0 Å². The first kappa shape index (κ1) is 16.2. The normalized spacial score (nSPS) is 26.8. The van der Waals surface area contributed by atoms with Gasteiger partial charge in [0.1, 0.15) is 0 Å². The fourth-order valence-electron chi connectivity index (χ4n) is 3.60. The van der Waals surface area contributed by atoms with Crippen LogP contribution >= 0.6 is 0 Å². The molecule has 0 aromatic rings. The third-order valence-electron chi connectivity index (χ3n) is 4.73. The smallest absolute Gasteiger partial charge is 0.214 e. The Hall–Kier alpha value is -0.130. The number of likely N-dealkylation sites (N-methyl/N-ethyl adjacent to an activating group) is 1. The zero-order valence-electron chi connectivity index (χ0n) is 12.8. The Labute approximate surface area is 124 Å². The largest absolute Gasteiger partial charge is 0.315 e. The van der Waals surface area contributed by atoms with E-state index >= 15 is 0 Å². The zero-order valence-corrected chi connectivity index (χ0v) is 13.6. The number of nitrogens with zero attached hydrogens (tertiary/aromatic N) is 1. The van der Waals surface area contributed by atoms with E-state index in [9.17, 15) is 8.42 Å². The third-order valence-corrected chi connectivity index (χ3v) is 6.82. The Balaban J connectivity index is 1.97. The molecule has 1 atom stereocenters. The molecule has 1 heterocycles. The van der Waals surface area contributed by atoms with Crippen molar-refractivity contribution in [3.05, 3.63) is 0 Å². The maximum absolute atomic E-state index is 12.7. The molecule has 118 valence electrons. The Bertz CT molecular complexity index is 377. The molecule has 2 aliphatic rings. The highest BCUT2D eigenvalue weighted by molar-refractivity contribution is 7.89. The molecule has 0 bridgehead atoms. The summed E-state index contributed by atoms with van der Waals surface area (Å²) in [4.78, 5) is 0. The first-order valence-corrected chi connectivity index (χ1v) is 9.94. The van der Waals surface area contributed by atoms with E-state index in [-0.39, 0.29) is 6.04 Å². The van der Waals surface area contributed by atoms with E-state index in [1.54, 1.807) is 0 Å². The van der Waals surface area contributed by atoms with Gasteiger partial charge in [-0.25, -0.2) is 8.42 Å². The van der Waals surface area contributed by atoms with Crippen molar-refractivity contribution in [2.75, 3.05) is 25.4 Å². The summed E-state index contributed by atoms with van der Waals surface area (Å²) < 4.78 is 27.3. The van der Waals surface area contributed by atoms with Gasteiger partial charge in [-0.15, -0.1) is 0 Å². The van der Waals surface area contributed by atoms with E-state index in [0.29, 0.717) is 11.7 Å². The Morgan fingerprint density at radius 1 is 1.05 bits per heavy atom. The van der Waals surface area contributed by atoms with E-state index in [2.05, 4.69) is 12.2 Å². The molecule has 0 aromatic heterocycles. The van der Waals surface area contributed by atoms with Crippen molar-refractivity contribution in [2.45, 2.75) is 64.3 Å². The highest BCUT2D eigenvalue weighted by Gasteiger charge is 2.33. The lowest BCUT2D eigenvalue weighted by molar-refractivity contribution is 0.243. The second-order valence-corrected chi connectivity index (χ2v) is 8.32. The molecule has 20 heavy (non-hydrogen) atoms. The van der Waals surface area contributed by atoms with E-state index < -0.39 is 10.0 Å². The van der Waals surface area contributed by atoms with E-state index in [1.807, 2.05) is 4.31 Å². The van der Waals surface area contributed by atoms with Crippen molar-refractivity contribution < 1.29 is 8.42 Å². The van der Waals surface area contributed by atoms with Crippen LogP contribution in [0.25, 0.3) is 0 Å². The summed E-state index contributed by atoms with van der Waals surface area (Å²) in [6, 6.07) is 0.178. The van der Waals surface area contributed by atoms with Crippen molar-refractivity contribution in [1.82, 2.24) is 9.62 Å². The molecule has 1 aliphatic carbocycles. The van der Waals surface area contributed by atoms with Gasteiger partial charge in [-0.05, 0) is 38.1 Å². The van der Waals surface area contributed by atoms with Crippen molar-refractivity contribution in [3.8, 4) is 0 Å². The molecule has 0 amide bonds. The van der Waals surface area contributed by atoms with Crippen LogP contribution in [0.2, 0.25) is 0 Å². The SMILES string of the molecule is CCNCC1CCCCN1S(=O)(=O)CC1CCCCC1. The zero-order chi connectivity index (χ0) is 14.4. The molecule has 4 nitrogen and oxygen atoms in total. The number of hydrogen-bond donors (Lipinski definition) is 1. The van der Waals surface area contributed by atoms with Crippen LogP contribution < -0.4 is 5.32 Å². The summed E-state index contributed by atoms with van der Waals surface area (Å²) >= 11 is 0. The number of nitrogens with one attached hydrogen (secondary N) is 1. The molecule has 0 spiro atoms. The second-order valence-electron chi connectivity index (χ2n) is 6.35. The lowest BCUT2D eigenvalue weighted by atomic mass is 9.91. The lowest BCUT2D eigenvalue weighted by Gasteiger charge is -2.36. The van der Waals surface area contributed by atoms with Gasteiger partial charge in [0.2, 0.25) is 10.0 Å². The highest BCUT2D eigenvalue weighted by Crippen LogP contribution is 2.28. The molecule has 1 aliphatic heterocycles. The molecule has 2 rings (SSSR count). The molecule has 1 unspecified atom stereocenters. The average Bonchev–Trinajstić information content (AvgIpc) is 2.46. The minimum atomic E-state index is -3.07. The van der Waals surface area contributed by atoms with Crippen LogP contribution in [-0.4, -0.2) is 44.2 Å². The first-order valence-electron chi connectivity index (χ1n) is 8.33. The summed E-state index contributed by atoms with van der Waals surface area (Å²) in [6.45, 7) is 4.52. The molecular formula is C15H30N2O2S. The monoisotopic (exact) mass is 302 g/mol. The van der Waals surface area contributed by atoms with Crippen LogP contribution in [0.4, 0.5) is 0 Å². The summed E-state index contributed by atoms with van der Waals surface area (Å²) in [5.41, 5.74) is 0. The van der Waals surface area contributed by atoms with E-state index in [0.717, 1.165) is 51.7 Å². The van der Waals surface area contributed by atoms with Gasteiger partial charge in [0.15, 0.2) is 0 Å². The molecule has 0 aromatic carbocycles. The lowest BCUT2D eigenvalue weighted by Crippen LogP contribution is -2.49. The molecule has 1 saturated carbocycles. The van der Waals surface area contributed by atoms with Crippen LogP contribution in [0.5, 0.6) is 0 Å². The summed E-state index contributed by atoms with van der Waals surface area (Å²) in [5.74, 6) is 0.783. The quantitative estimate of drug-likeness (QED) is 0.819. The van der Waals surface area contributed by atoms with Crippen molar-refractivity contribution in [2.24, 2.45) is 5.92 Å². The van der Waals surface area contributed by atoms with Crippen molar-refractivity contribution >= 4 is 10.0 Å². The van der Waals surface area contributed by atoms with E-state index in [4.69, 9.17) is 0 Å². The van der Waals surface area contributed by atoms with Gasteiger partial charge in [0, 0.05) is 19.1 Å². The highest BCUT2D eigenvalue weighted by atomic mass is 32.2. The molecule has 5 heteroatoms. The van der Waals surface area contributed by atoms with Crippen LogP contribution in [0.1, 0.15) is 58.3 Å². The molecular weight excluding hydrogens is 272 g/mol. The maximum Gasteiger partial charge on any atom is 0.214 e. The molecule has 1 saturated heterocycles. The van der Waals surface area contributed by atoms with E-state index in [1.165, 1.54) is 19.3 Å². The maximum atomic E-state index is 12.7. The Kier molecular flexibility index (Phi) is 6.30. The van der Waals surface area contributed by atoms with Crippen LogP contribution in [-0.2, 0) is 10.0 Å². The van der Waals surface area contributed by atoms with Gasteiger partial charge in [-0.2, -0.15) is 4.31 Å². The second kappa shape index (κ2) is 7.76. The Morgan fingerprint density at radius 2 is 1.75 bits per heavy atom. The van der Waals surface area contributed by atoms with Gasteiger partial charge in [0.05, 0.1) is 5.75 Å². The number of piperidine rings is 1.